The third-order valence-corrected chi connectivity index (χ3v) is 6.87. The van der Waals surface area contributed by atoms with Crippen LogP contribution in [0.1, 0.15) is 35.6 Å². The van der Waals surface area contributed by atoms with E-state index < -0.39 is 0 Å². The zero-order valence-corrected chi connectivity index (χ0v) is 14.4. The van der Waals surface area contributed by atoms with Gasteiger partial charge in [-0.25, -0.2) is 0 Å². The van der Waals surface area contributed by atoms with Crippen molar-refractivity contribution in [2.75, 3.05) is 18.0 Å². The molecule has 126 valence electrons. The third-order valence-electron chi connectivity index (χ3n) is 6.87. The van der Waals surface area contributed by atoms with Gasteiger partial charge in [0.25, 0.3) is 0 Å². The van der Waals surface area contributed by atoms with Crippen LogP contribution >= 0.6 is 0 Å². The highest BCUT2D eigenvalue weighted by Gasteiger charge is 2.60. The fraction of sp³-hybridized carbons (Fsp3) is 0.364. The van der Waals surface area contributed by atoms with Crippen molar-refractivity contribution in [1.29, 1.82) is 0 Å². The van der Waals surface area contributed by atoms with Crippen molar-refractivity contribution in [3.63, 3.8) is 0 Å². The second-order valence-corrected chi connectivity index (χ2v) is 7.75. The molecule has 0 saturated heterocycles. The smallest absolute Gasteiger partial charge is 0.124 e. The van der Waals surface area contributed by atoms with E-state index in [1.165, 1.54) is 35.0 Å². The van der Waals surface area contributed by atoms with Gasteiger partial charge in [0.1, 0.15) is 5.66 Å². The molecule has 1 fully saturated rings. The zero-order chi connectivity index (χ0) is 16.6. The maximum Gasteiger partial charge on any atom is 0.124 e. The second kappa shape index (κ2) is 4.67. The molecule has 25 heavy (non-hydrogen) atoms. The number of rotatable bonds is 2. The minimum atomic E-state index is 0.129. The third kappa shape index (κ3) is 1.48. The number of nitrogens with zero attached hydrogens (tertiary/aromatic N) is 2. The van der Waals surface area contributed by atoms with Crippen molar-refractivity contribution in [2.24, 2.45) is 5.73 Å². The molecule has 2 N–H and O–H groups in total. The Morgan fingerprint density at radius 3 is 2.76 bits per heavy atom. The first-order valence-corrected chi connectivity index (χ1v) is 9.54. The van der Waals surface area contributed by atoms with Gasteiger partial charge in [-0.1, -0.05) is 36.4 Å². The molecule has 1 aromatic heterocycles. The van der Waals surface area contributed by atoms with Crippen molar-refractivity contribution >= 4 is 16.6 Å². The summed E-state index contributed by atoms with van der Waals surface area (Å²) >= 11 is 0. The van der Waals surface area contributed by atoms with Crippen LogP contribution in [0, 0.1) is 0 Å². The first-order valence-electron chi connectivity index (χ1n) is 9.54. The van der Waals surface area contributed by atoms with Crippen LogP contribution in [0.25, 0.3) is 10.9 Å². The van der Waals surface area contributed by atoms with Crippen molar-refractivity contribution in [3.05, 3.63) is 65.4 Å². The van der Waals surface area contributed by atoms with E-state index in [1.807, 2.05) is 0 Å². The van der Waals surface area contributed by atoms with E-state index in [1.54, 1.807) is 11.3 Å². The van der Waals surface area contributed by atoms with Crippen molar-refractivity contribution in [3.8, 4) is 0 Å². The average Bonchev–Trinajstić information content (AvgIpc) is 3.04. The average molecular weight is 329 g/mol. The van der Waals surface area contributed by atoms with Crippen LogP contribution in [0.3, 0.4) is 0 Å². The Kier molecular flexibility index (Phi) is 2.61. The lowest BCUT2D eigenvalue weighted by Crippen LogP contribution is -2.60. The summed E-state index contributed by atoms with van der Waals surface area (Å²) < 4.78 is 2.71. The Morgan fingerprint density at radius 2 is 1.92 bits per heavy atom. The Balaban J connectivity index is 1.67. The first-order chi connectivity index (χ1) is 12.4. The van der Waals surface area contributed by atoms with E-state index >= 15 is 0 Å². The number of hydrogen-bond donors (Lipinski definition) is 1. The lowest BCUT2D eigenvalue weighted by Gasteiger charge is -2.55. The quantitative estimate of drug-likeness (QED) is 0.777. The van der Waals surface area contributed by atoms with E-state index in [9.17, 15) is 0 Å². The summed E-state index contributed by atoms with van der Waals surface area (Å²) in [6.07, 6.45) is 4.65. The van der Waals surface area contributed by atoms with Crippen molar-refractivity contribution in [1.82, 2.24) is 4.57 Å². The van der Waals surface area contributed by atoms with Crippen LogP contribution in [0.5, 0.6) is 0 Å². The molecule has 0 amide bonds. The molecule has 3 aliphatic rings. The number of fused-ring (bicyclic) bond motifs is 6. The minimum Gasteiger partial charge on any atom is -0.347 e. The Labute approximate surface area is 148 Å². The predicted octanol–water partition coefficient (Wildman–Crippen LogP) is 3.75. The fourth-order valence-electron chi connectivity index (χ4n) is 5.92. The summed E-state index contributed by atoms with van der Waals surface area (Å²) in [4.78, 5) is 2.71. The highest BCUT2D eigenvalue weighted by molar-refractivity contribution is 5.87. The van der Waals surface area contributed by atoms with Crippen LogP contribution in [0.15, 0.2) is 48.5 Å². The molecule has 6 rings (SSSR count). The fourth-order valence-corrected chi connectivity index (χ4v) is 5.92. The molecule has 0 radical (unpaired) electrons. The highest BCUT2D eigenvalue weighted by Crippen LogP contribution is 2.64. The molecule has 2 atom stereocenters. The van der Waals surface area contributed by atoms with Gasteiger partial charge in [0.2, 0.25) is 0 Å². The summed E-state index contributed by atoms with van der Waals surface area (Å²) in [5.41, 5.74) is 13.6. The van der Waals surface area contributed by atoms with Gasteiger partial charge in [-0.2, -0.15) is 0 Å². The van der Waals surface area contributed by atoms with Crippen molar-refractivity contribution in [2.45, 2.75) is 37.3 Å². The van der Waals surface area contributed by atoms with Gasteiger partial charge in [0, 0.05) is 35.7 Å². The molecule has 1 saturated carbocycles. The molecule has 2 aliphatic heterocycles. The maximum atomic E-state index is 5.97. The Bertz CT molecular complexity index is 1000. The molecular formula is C22H23N3. The monoisotopic (exact) mass is 329 g/mol. The predicted molar refractivity (Wildman–Crippen MR) is 102 cm³/mol. The first kappa shape index (κ1) is 14.0. The molecule has 1 aliphatic carbocycles. The Morgan fingerprint density at radius 1 is 1.08 bits per heavy atom. The van der Waals surface area contributed by atoms with Gasteiger partial charge in [-0.3, -0.25) is 0 Å². The lowest BCUT2D eigenvalue weighted by atomic mass is 9.70. The lowest BCUT2D eigenvalue weighted by molar-refractivity contribution is 0.103. The molecule has 0 bridgehead atoms. The second-order valence-electron chi connectivity index (χ2n) is 7.75. The topological polar surface area (TPSA) is 34.2 Å². The van der Waals surface area contributed by atoms with Gasteiger partial charge in [0.15, 0.2) is 0 Å². The number of hydrogen-bond acceptors (Lipinski definition) is 2. The number of benzene rings is 2. The highest BCUT2D eigenvalue weighted by atomic mass is 15.4. The van der Waals surface area contributed by atoms with Crippen LogP contribution < -0.4 is 10.6 Å². The van der Waals surface area contributed by atoms with Crippen LogP contribution in [-0.2, 0) is 18.5 Å². The summed E-state index contributed by atoms with van der Waals surface area (Å²) in [6, 6.07) is 18.0. The molecule has 1 spiro atoms. The molecular weight excluding hydrogens is 306 g/mol. The zero-order valence-electron chi connectivity index (χ0n) is 14.4. The van der Waals surface area contributed by atoms with Gasteiger partial charge >= 0.3 is 0 Å². The molecule has 2 unspecified atom stereocenters. The normalized spacial score (nSPS) is 26.0. The van der Waals surface area contributed by atoms with Gasteiger partial charge in [-0.05, 0) is 49.1 Å². The van der Waals surface area contributed by atoms with Crippen LogP contribution in [0.4, 0.5) is 5.69 Å². The standard InChI is InChI=1S/C22H23N3/c23-13-10-16-15-5-1-4-8-20(15)25-21(16)11-14-24-19-7-3-2-6-17(19)18-9-12-22(18,24)25/h1-8,18H,9-14,23H2. The van der Waals surface area contributed by atoms with Crippen LogP contribution in [-0.4, -0.2) is 17.7 Å². The van der Waals surface area contributed by atoms with Crippen molar-refractivity contribution < 1.29 is 0 Å². The van der Waals surface area contributed by atoms with E-state index in [4.69, 9.17) is 5.73 Å². The number of nitrogens with two attached hydrogens (primary N) is 1. The number of anilines is 1. The molecule has 3 heteroatoms. The number of para-hydroxylation sites is 2. The van der Waals surface area contributed by atoms with E-state index in [-0.39, 0.29) is 5.66 Å². The number of aromatic nitrogens is 1. The molecule has 3 aromatic rings. The van der Waals surface area contributed by atoms with Crippen LogP contribution in [0.2, 0.25) is 0 Å². The summed E-state index contributed by atoms with van der Waals surface area (Å²) in [5, 5.41) is 1.42. The van der Waals surface area contributed by atoms with E-state index in [0.29, 0.717) is 5.92 Å². The van der Waals surface area contributed by atoms with Gasteiger partial charge in [-0.15, -0.1) is 0 Å². The summed E-state index contributed by atoms with van der Waals surface area (Å²) in [7, 11) is 0. The molecule has 2 aromatic carbocycles. The maximum absolute atomic E-state index is 5.97. The molecule has 3 nitrogen and oxygen atoms in total. The Hall–Kier alpha value is -2.26. The summed E-state index contributed by atoms with van der Waals surface area (Å²) in [5.74, 6) is 0.629. The van der Waals surface area contributed by atoms with E-state index in [0.717, 1.165) is 25.9 Å². The largest absolute Gasteiger partial charge is 0.347 e. The molecule has 3 heterocycles. The van der Waals surface area contributed by atoms with Gasteiger partial charge < -0.3 is 15.2 Å². The summed E-state index contributed by atoms with van der Waals surface area (Å²) in [6.45, 7) is 1.85. The minimum absolute atomic E-state index is 0.129. The SMILES string of the molecule is NCCc1c2n(c3ccccc13)C13CCC1c1ccccc1N3CC2. The van der Waals surface area contributed by atoms with E-state index in [2.05, 4.69) is 58.0 Å². The van der Waals surface area contributed by atoms with Gasteiger partial charge in [0.05, 0.1) is 5.52 Å².